The van der Waals surface area contributed by atoms with Crippen molar-refractivity contribution >= 4 is 0 Å². The first-order chi connectivity index (χ1) is 8.25. The van der Waals surface area contributed by atoms with Gasteiger partial charge in [0.15, 0.2) is 0 Å². The number of rotatable bonds is 4. The van der Waals surface area contributed by atoms with Crippen LogP contribution in [0.3, 0.4) is 0 Å². The summed E-state index contributed by atoms with van der Waals surface area (Å²) in [6.45, 7) is 5.78. The molecule has 0 radical (unpaired) electrons. The summed E-state index contributed by atoms with van der Waals surface area (Å²) in [5.74, 6) is 0.739. The lowest BCUT2D eigenvalue weighted by atomic mass is 9.91. The Bertz CT molecular complexity index is 313. The Kier molecular flexibility index (Phi) is 4.57. The molecular formula is C15H24N2. The predicted molar refractivity (Wildman–Crippen MR) is 73.0 cm³/mol. The fourth-order valence-corrected chi connectivity index (χ4v) is 2.63. The van der Waals surface area contributed by atoms with Gasteiger partial charge < -0.3 is 10.6 Å². The Morgan fingerprint density at radius 3 is 2.47 bits per heavy atom. The normalized spacial score (nSPS) is 20.4. The molecule has 94 valence electrons. The molecule has 1 fully saturated rings. The van der Waals surface area contributed by atoms with E-state index < -0.39 is 0 Å². The summed E-state index contributed by atoms with van der Waals surface area (Å²) in [7, 11) is 0. The number of likely N-dealkylation sites (tertiary alicyclic amines) is 1. The molecule has 0 amide bonds. The van der Waals surface area contributed by atoms with E-state index in [0.717, 1.165) is 5.92 Å². The highest BCUT2D eigenvalue weighted by Crippen LogP contribution is 2.19. The van der Waals surface area contributed by atoms with Gasteiger partial charge in [-0.15, -0.1) is 0 Å². The van der Waals surface area contributed by atoms with Crippen LogP contribution in [0.4, 0.5) is 0 Å². The lowest BCUT2D eigenvalue weighted by Crippen LogP contribution is -2.40. The van der Waals surface area contributed by atoms with E-state index in [1.807, 2.05) is 0 Å². The fraction of sp³-hybridized carbons (Fsp3) is 0.600. The van der Waals surface area contributed by atoms with Crippen molar-refractivity contribution in [3.8, 4) is 0 Å². The molecule has 1 aromatic carbocycles. The highest BCUT2D eigenvalue weighted by Gasteiger charge is 2.21. The fourth-order valence-electron chi connectivity index (χ4n) is 2.63. The molecule has 1 aliphatic heterocycles. The third kappa shape index (κ3) is 3.83. The first kappa shape index (κ1) is 12.6. The minimum absolute atomic E-state index is 0.367. The van der Waals surface area contributed by atoms with Crippen LogP contribution in [0.5, 0.6) is 0 Å². The van der Waals surface area contributed by atoms with Crippen LogP contribution in [0.25, 0.3) is 0 Å². The molecule has 2 rings (SSSR count). The van der Waals surface area contributed by atoms with Gasteiger partial charge in [0.05, 0.1) is 0 Å². The van der Waals surface area contributed by atoms with Crippen molar-refractivity contribution in [2.45, 2.75) is 32.2 Å². The highest BCUT2D eigenvalue weighted by atomic mass is 15.1. The first-order valence-electron chi connectivity index (χ1n) is 6.77. The minimum atomic E-state index is 0.367. The second kappa shape index (κ2) is 6.18. The van der Waals surface area contributed by atoms with Crippen LogP contribution in [-0.4, -0.2) is 30.6 Å². The van der Waals surface area contributed by atoms with Crippen LogP contribution in [0.2, 0.25) is 0 Å². The molecule has 0 saturated carbocycles. The zero-order valence-electron chi connectivity index (χ0n) is 10.8. The number of nitrogens with two attached hydrogens (primary N) is 1. The van der Waals surface area contributed by atoms with Crippen molar-refractivity contribution in [1.82, 2.24) is 4.90 Å². The van der Waals surface area contributed by atoms with Gasteiger partial charge >= 0.3 is 0 Å². The zero-order chi connectivity index (χ0) is 12.1. The first-order valence-corrected chi connectivity index (χ1v) is 6.77. The van der Waals surface area contributed by atoms with Crippen LogP contribution in [0.15, 0.2) is 30.3 Å². The Hall–Kier alpha value is -0.860. The molecule has 2 heteroatoms. The van der Waals surface area contributed by atoms with Crippen LogP contribution in [-0.2, 0) is 6.42 Å². The zero-order valence-corrected chi connectivity index (χ0v) is 10.8. The quantitative estimate of drug-likeness (QED) is 0.863. The van der Waals surface area contributed by atoms with E-state index in [1.54, 1.807) is 0 Å². The molecule has 1 atom stereocenters. The molecule has 2 N–H and O–H groups in total. The van der Waals surface area contributed by atoms with Gasteiger partial charge in [0.25, 0.3) is 0 Å². The van der Waals surface area contributed by atoms with E-state index >= 15 is 0 Å². The molecule has 0 spiro atoms. The van der Waals surface area contributed by atoms with E-state index in [-0.39, 0.29) is 0 Å². The molecule has 1 saturated heterocycles. The lowest BCUT2D eigenvalue weighted by molar-refractivity contribution is 0.174. The van der Waals surface area contributed by atoms with Gasteiger partial charge in [0.2, 0.25) is 0 Å². The maximum Gasteiger partial charge on any atom is 0.00397 e. The Balaban J connectivity index is 1.72. The third-order valence-corrected chi connectivity index (χ3v) is 3.94. The van der Waals surface area contributed by atoms with Crippen molar-refractivity contribution in [2.75, 3.05) is 19.6 Å². The van der Waals surface area contributed by atoms with Crippen molar-refractivity contribution in [1.29, 1.82) is 0 Å². The topological polar surface area (TPSA) is 29.3 Å². The standard InChI is InChI=1S/C15H24N2/c1-13(16)15-8-11-17(12-9-15)10-7-14-5-3-2-4-6-14/h2-6,13,15H,7-12,16H2,1H3. The average molecular weight is 232 g/mol. The second-order valence-electron chi connectivity index (χ2n) is 5.27. The smallest absolute Gasteiger partial charge is 0.00397 e. The summed E-state index contributed by atoms with van der Waals surface area (Å²) < 4.78 is 0. The molecule has 0 aliphatic carbocycles. The summed E-state index contributed by atoms with van der Waals surface area (Å²) in [5.41, 5.74) is 7.41. The number of benzene rings is 1. The molecule has 0 bridgehead atoms. The van der Waals surface area contributed by atoms with Crippen molar-refractivity contribution < 1.29 is 0 Å². The summed E-state index contributed by atoms with van der Waals surface area (Å²) in [5, 5.41) is 0. The summed E-state index contributed by atoms with van der Waals surface area (Å²) in [6.07, 6.45) is 3.71. The predicted octanol–water partition coefficient (Wildman–Crippen LogP) is 2.29. The van der Waals surface area contributed by atoms with E-state index in [9.17, 15) is 0 Å². The van der Waals surface area contributed by atoms with Crippen molar-refractivity contribution in [3.05, 3.63) is 35.9 Å². The van der Waals surface area contributed by atoms with E-state index in [2.05, 4.69) is 42.2 Å². The van der Waals surface area contributed by atoms with Gasteiger partial charge in [-0.05, 0) is 50.8 Å². The molecular weight excluding hydrogens is 208 g/mol. The highest BCUT2D eigenvalue weighted by molar-refractivity contribution is 5.14. The Morgan fingerprint density at radius 1 is 1.24 bits per heavy atom. The second-order valence-corrected chi connectivity index (χ2v) is 5.27. The average Bonchev–Trinajstić information content (AvgIpc) is 2.38. The van der Waals surface area contributed by atoms with E-state index in [0.29, 0.717) is 6.04 Å². The van der Waals surface area contributed by atoms with Gasteiger partial charge in [-0.25, -0.2) is 0 Å². The van der Waals surface area contributed by atoms with E-state index in [1.165, 1.54) is 44.5 Å². The van der Waals surface area contributed by atoms with Crippen LogP contribution < -0.4 is 5.73 Å². The van der Waals surface area contributed by atoms with Gasteiger partial charge in [0.1, 0.15) is 0 Å². The van der Waals surface area contributed by atoms with Gasteiger partial charge in [-0.1, -0.05) is 30.3 Å². The maximum atomic E-state index is 5.96. The van der Waals surface area contributed by atoms with E-state index in [4.69, 9.17) is 5.73 Å². The molecule has 1 heterocycles. The lowest BCUT2D eigenvalue weighted by Gasteiger charge is -2.33. The van der Waals surface area contributed by atoms with Crippen molar-refractivity contribution in [3.63, 3.8) is 0 Å². The van der Waals surface area contributed by atoms with Gasteiger partial charge in [0, 0.05) is 12.6 Å². The minimum Gasteiger partial charge on any atom is -0.328 e. The molecule has 0 aromatic heterocycles. The van der Waals surface area contributed by atoms with Crippen LogP contribution >= 0.6 is 0 Å². The van der Waals surface area contributed by atoms with Crippen LogP contribution in [0, 0.1) is 5.92 Å². The molecule has 1 aliphatic rings. The van der Waals surface area contributed by atoms with Crippen LogP contribution in [0.1, 0.15) is 25.3 Å². The molecule has 1 unspecified atom stereocenters. The third-order valence-electron chi connectivity index (χ3n) is 3.94. The number of nitrogens with zero attached hydrogens (tertiary/aromatic N) is 1. The molecule has 2 nitrogen and oxygen atoms in total. The number of hydrogen-bond donors (Lipinski definition) is 1. The Morgan fingerprint density at radius 2 is 1.88 bits per heavy atom. The monoisotopic (exact) mass is 232 g/mol. The van der Waals surface area contributed by atoms with Gasteiger partial charge in [-0.2, -0.15) is 0 Å². The summed E-state index contributed by atoms with van der Waals surface area (Å²) in [4.78, 5) is 2.58. The van der Waals surface area contributed by atoms with Crippen molar-refractivity contribution in [2.24, 2.45) is 11.7 Å². The maximum absolute atomic E-state index is 5.96. The largest absolute Gasteiger partial charge is 0.328 e. The summed E-state index contributed by atoms with van der Waals surface area (Å²) >= 11 is 0. The molecule has 1 aromatic rings. The summed E-state index contributed by atoms with van der Waals surface area (Å²) in [6, 6.07) is 11.1. The number of piperidine rings is 1. The Labute approximate surface area is 105 Å². The molecule has 17 heavy (non-hydrogen) atoms. The van der Waals surface area contributed by atoms with Gasteiger partial charge in [-0.3, -0.25) is 0 Å². The number of hydrogen-bond acceptors (Lipinski definition) is 2. The SMILES string of the molecule is CC(N)C1CCN(CCc2ccccc2)CC1.